The molecule has 1 saturated heterocycles. The summed E-state index contributed by atoms with van der Waals surface area (Å²) in [6.07, 6.45) is 0. The number of allylic oxidation sites excluding steroid dienone is 1. The molecule has 148 valence electrons. The fourth-order valence-corrected chi connectivity index (χ4v) is 4.72. The number of nitrogens with zero attached hydrogens (tertiary/aromatic N) is 2. The Bertz CT molecular complexity index is 1020. The summed E-state index contributed by atoms with van der Waals surface area (Å²) >= 11 is 4.86. The van der Waals surface area contributed by atoms with E-state index in [1.54, 1.807) is 11.8 Å². The second kappa shape index (κ2) is 8.16. The molecule has 1 amide bonds. The van der Waals surface area contributed by atoms with Crippen LogP contribution >= 0.6 is 27.7 Å². The second-order valence-electron chi connectivity index (χ2n) is 6.88. The van der Waals surface area contributed by atoms with E-state index in [2.05, 4.69) is 20.9 Å². The summed E-state index contributed by atoms with van der Waals surface area (Å²) in [5.41, 5.74) is 2.72. The third-order valence-electron chi connectivity index (χ3n) is 4.88. The number of carbonyl (C=O) groups excluding carboxylic acids is 2. The Hall–Kier alpha value is -2.38. The Morgan fingerprint density at radius 2 is 1.86 bits per heavy atom. The van der Waals surface area contributed by atoms with Gasteiger partial charge in [0.15, 0.2) is 5.17 Å². The van der Waals surface area contributed by atoms with Gasteiger partial charge in [0.1, 0.15) is 6.61 Å². The third-order valence-corrected chi connectivity index (χ3v) is 6.46. The molecule has 1 fully saturated rings. The molecule has 2 heterocycles. The van der Waals surface area contributed by atoms with Crippen LogP contribution in [0, 0.1) is 0 Å². The molecule has 2 aliphatic heterocycles. The van der Waals surface area contributed by atoms with Crippen molar-refractivity contribution in [3.63, 3.8) is 0 Å². The van der Waals surface area contributed by atoms with E-state index < -0.39 is 12.0 Å². The summed E-state index contributed by atoms with van der Waals surface area (Å²) in [6.45, 7) is 3.82. The fraction of sp³-hybridized carbons (Fsp3) is 0.227. The zero-order valence-electron chi connectivity index (χ0n) is 16.0. The number of ether oxygens (including phenoxy) is 1. The standard InChI is InChI=1S/C22H19BrN2O3S/c1-13-18(21(27)28-12-15-6-4-3-5-7-15)19(16-8-10-17(23)11-9-16)25-20(26)14(2)29-22(25)24-13/h3-11,14,19H,12H2,1-2H3. The van der Waals surface area contributed by atoms with E-state index in [1.165, 1.54) is 11.8 Å². The number of fused-ring (bicyclic) bond motifs is 1. The van der Waals surface area contributed by atoms with E-state index in [0.717, 1.165) is 15.6 Å². The summed E-state index contributed by atoms with van der Waals surface area (Å²) in [4.78, 5) is 32.2. The Labute approximate surface area is 182 Å². The van der Waals surface area contributed by atoms with Gasteiger partial charge in [-0.2, -0.15) is 0 Å². The maximum atomic E-state index is 13.1. The van der Waals surface area contributed by atoms with Gasteiger partial charge in [-0.3, -0.25) is 9.69 Å². The minimum Gasteiger partial charge on any atom is -0.457 e. The number of aliphatic imine (C=N–C) groups is 1. The molecule has 0 spiro atoms. The lowest BCUT2D eigenvalue weighted by Gasteiger charge is -2.33. The van der Waals surface area contributed by atoms with Crippen molar-refractivity contribution in [1.82, 2.24) is 4.90 Å². The van der Waals surface area contributed by atoms with Crippen LogP contribution < -0.4 is 0 Å². The van der Waals surface area contributed by atoms with Crippen LogP contribution in [-0.2, 0) is 20.9 Å². The molecule has 0 aliphatic carbocycles. The van der Waals surface area contributed by atoms with E-state index in [-0.39, 0.29) is 17.8 Å². The van der Waals surface area contributed by atoms with Gasteiger partial charge >= 0.3 is 5.97 Å². The number of rotatable bonds is 4. The smallest absolute Gasteiger partial charge is 0.338 e. The molecule has 0 saturated carbocycles. The summed E-state index contributed by atoms with van der Waals surface area (Å²) in [6, 6.07) is 16.6. The number of carbonyl (C=O) groups is 2. The normalized spacial score (nSPS) is 21.1. The maximum Gasteiger partial charge on any atom is 0.338 e. The van der Waals surface area contributed by atoms with Gasteiger partial charge in [0, 0.05) is 4.47 Å². The number of halogens is 1. The fourth-order valence-electron chi connectivity index (χ4n) is 3.43. The van der Waals surface area contributed by atoms with Crippen LogP contribution in [0.2, 0.25) is 0 Å². The maximum absolute atomic E-state index is 13.1. The van der Waals surface area contributed by atoms with Gasteiger partial charge in [0.05, 0.1) is 22.6 Å². The number of benzene rings is 2. The van der Waals surface area contributed by atoms with E-state index in [0.29, 0.717) is 16.4 Å². The molecular formula is C22H19BrN2O3S. The van der Waals surface area contributed by atoms with Gasteiger partial charge in [0.25, 0.3) is 0 Å². The first-order valence-corrected chi connectivity index (χ1v) is 10.9. The highest BCUT2D eigenvalue weighted by molar-refractivity contribution is 9.10. The van der Waals surface area contributed by atoms with Crippen LogP contribution in [-0.4, -0.2) is 27.2 Å². The number of amidine groups is 1. The second-order valence-corrected chi connectivity index (χ2v) is 9.10. The third kappa shape index (κ3) is 3.89. The number of hydrogen-bond donors (Lipinski definition) is 0. The van der Waals surface area contributed by atoms with Gasteiger partial charge in [-0.1, -0.05) is 70.2 Å². The Morgan fingerprint density at radius 1 is 1.17 bits per heavy atom. The van der Waals surface area contributed by atoms with Crippen LogP contribution in [0.4, 0.5) is 0 Å². The Balaban J connectivity index is 1.71. The zero-order chi connectivity index (χ0) is 20.5. The first kappa shape index (κ1) is 19.9. The number of esters is 1. The highest BCUT2D eigenvalue weighted by Gasteiger charge is 2.46. The van der Waals surface area contributed by atoms with Gasteiger partial charge in [-0.05, 0) is 37.1 Å². The SMILES string of the molecule is CC1=C(C(=O)OCc2ccccc2)C(c2ccc(Br)cc2)N2C(=O)C(C)SC2=N1. The highest BCUT2D eigenvalue weighted by atomic mass is 79.9. The van der Waals surface area contributed by atoms with Crippen LogP contribution in [0.5, 0.6) is 0 Å². The molecular weight excluding hydrogens is 452 g/mol. The van der Waals surface area contributed by atoms with Crippen molar-refractivity contribution < 1.29 is 14.3 Å². The van der Waals surface area contributed by atoms with Crippen LogP contribution in [0.3, 0.4) is 0 Å². The van der Waals surface area contributed by atoms with Gasteiger partial charge in [0.2, 0.25) is 5.91 Å². The lowest BCUT2D eigenvalue weighted by Crippen LogP contribution is -2.40. The molecule has 0 aromatic heterocycles. The molecule has 2 atom stereocenters. The molecule has 7 heteroatoms. The van der Waals surface area contributed by atoms with E-state index in [4.69, 9.17) is 4.74 Å². The molecule has 2 unspecified atom stereocenters. The predicted molar refractivity (Wildman–Crippen MR) is 117 cm³/mol. The van der Waals surface area contributed by atoms with Crippen molar-refractivity contribution in [2.75, 3.05) is 0 Å². The largest absolute Gasteiger partial charge is 0.457 e. The molecule has 0 N–H and O–H groups in total. The topological polar surface area (TPSA) is 59.0 Å². The Kier molecular flexibility index (Phi) is 5.61. The van der Waals surface area contributed by atoms with Gasteiger partial charge in [-0.25, -0.2) is 9.79 Å². The van der Waals surface area contributed by atoms with Crippen molar-refractivity contribution in [2.24, 2.45) is 4.99 Å². The number of amides is 1. The quantitative estimate of drug-likeness (QED) is 0.599. The molecule has 29 heavy (non-hydrogen) atoms. The summed E-state index contributed by atoms with van der Waals surface area (Å²) in [5.74, 6) is -0.512. The molecule has 0 bridgehead atoms. The van der Waals surface area contributed by atoms with Crippen molar-refractivity contribution in [2.45, 2.75) is 31.7 Å². The molecule has 5 nitrogen and oxygen atoms in total. The number of hydrogen-bond acceptors (Lipinski definition) is 5. The highest BCUT2D eigenvalue weighted by Crippen LogP contribution is 2.43. The minimum atomic E-state index is -0.552. The molecule has 2 aromatic carbocycles. The first-order valence-electron chi connectivity index (χ1n) is 9.21. The summed E-state index contributed by atoms with van der Waals surface area (Å²) < 4.78 is 6.53. The van der Waals surface area contributed by atoms with Crippen molar-refractivity contribution in [3.8, 4) is 0 Å². The minimum absolute atomic E-state index is 0.0532. The van der Waals surface area contributed by atoms with Crippen molar-refractivity contribution in [1.29, 1.82) is 0 Å². The van der Waals surface area contributed by atoms with Crippen molar-refractivity contribution in [3.05, 3.63) is 81.5 Å². The van der Waals surface area contributed by atoms with Gasteiger partial charge in [-0.15, -0.1) is 0 Å². The lowest BCUT2D eigenvalue weighted by atomic mass is 9.94. The van der Waals surface area contributed by atoms with Crippen LogP contribution in [0.15, 0.2) is 75.3 Å². The number of thioether (sulfide) groups is 1. The predicted octanol–water partition coefficient (Wildman–Crippen LogP) is 4.84. The van der Waals surface area contributed by atoms with Crippen molar-refractivity contribution >= 4 is 44.7 Å². The van der Waals surface area contributed by atoms with E-state index >= 15 is 0 Å². The average molecular weight is 471 g/mol. The van der Waals surface area contributed by atoms with Crippen LogP contribution in [0.1, 0.15) is 31.0 Å². The summed E-state index contributed by atoms with van der Waals surface area (Å²) in [5, 5.41) is 0.395. The average Bonchev–Trinajstić information content (AvgIpc) is 3.00. The lowest BCUT2D eigenvalue weighted by molar-refractivity contribution is -0.141. The molecule has 4 rings (SSSR count). The summed E-state index contributed by atoms with van der Waals surface area (Å²) in [7, 11) is 0. The molecule has 2 aliphatic rings. The van der Waals surface area contributed by atoms with E-state index in [9.17, 15) is 9.59 Å². The monoisotopic (exact) mass is 470 g/mol. The van der Waals surface area contributed by atoms with Crippen LogP contribution in [0.25, 0.3) is 0 Å². The van der Waals surface area contributed by atoms with E-state index in [1.807, 2.05) is 61.5 Å². The Morgan fingerprint density at radius 3 is 2.55 bits per heavy atom. The van der Waals surface area contributed by atoms with Gasteiger partial charge < -0.3 is 4.74 Å². The first-order chi connectivity index (χ1) is 14.0. The molecule has 0 radical (unpaired) electrons. The zero-order valence-corrected chi connectivity index (χ0v) is 18.4. The molecule has 2 aromatic rings.